The standard InChI is InChI=1S/C59H38N4/c60-39-40-28-30-43(31-29-40)51-37-53-50-26-13-14-27-54(50)59(48-22-9-3-10-23-48,49-24-11-4-12-25-49)55(53)38-52(51)46-20-15-21-47(36-46)58-62-56(44-18-7-2-8-19-44)61-57(63-58)45-34-32-42(33-35-45)41-16-5-1-6-17-41/h1-38H. The van der Waals surface area contributed by atoms with Gasteiger partial charge < -0.3 is 0 Å². The molecule has 0 bridgehead atoms. The first-order valence-corrected chi connectivity index (χ1v) is 21.2. The van der Waals surface area contributed by atoms with Crippen LogP contribution in [0.15, 0.2) is 231 Å². The van der Waals surface area contributed by atoms with Crippen LogP contribution in [0.4, 0.5) is 0 Å². The molecule has 0 atom stereocenters. The summed E-state index contributed by atoms with van der Waals surface area (Å²) in [7, 11) is 0. The van der Waals surface area contributed by atoms with Gasteiger partial charge in [-0.15, -0.1) is 0 Å². The SMILES string of the molecule is N#Cc1ccc(-c2cc3c(cc2-c2cccc(-c4nc(-c5ccccc5)nc(-c5ccc(-c6ccccc6)cc5)n4)c2)C(c2ccccc2)(c2ccccc2)c2ccccc2-3)cc1. The fraction of sp³-hybridized carbons (Fsp3) is 0.0169. The molecule has 0 radical (unpaired) electrons. The second kappa shape index (κ2) is 15.8. The summed E-state index contributed by atoms with van der Waals surface area (Å²) in [5, 5.41) is 9.76. The predicted molar refractivity (Wildman–Crippen MR) is 254 cm³/mol. The summed E-state index contributed by atoms with van der Waals surface area (Å²) in [6.07, 6.45) is 0. The largest absolute Gasteiger partial charge is 0.208 e. The van der Waals surface area contributed by atoms with Gasteiger partial charge in [-0.3, -0.25) is 0 Å². The molecule has 10 aromatic rings. The van der Waals surface area contributed by atoms with Gasteiger partial charge in [-0.2, -0.15) is 5.26 Å². The van der Waals surface area contributed by atoms with E-state index in [9.17, 15) is 5.26 Å². The number of rotatable bonds is 8. The molecule has 9 aromatic carbocycles. The van der Waals surface area contributed by atoms with Crippen molar-refractivity contribution in [1.29, 1.82) is 5.26 Å². The fourth-order valence-corrected chi connectivity index (χ4v) is 9.31. The predicted octanol–water partition coefficient (Wildman–Crippen LogP) is 14.1. The number of nitrogens with zero attached hydrogens (tertiary/aromatic N) is 4. The zero-order valence-electron chi connectivity index (χ0n) is 34.2. The van der Waals surface area contributed by atoms with Gasteiger partial charge in [0.1, 0.15) is 0 Å². The minimum Gasteiger partial charge on any atom is -0.208 e. The van der Waals surface area contributed by atoms with Crippen molar-refractivity contribution in [3.63, 3.8) is 0 Å². The van der Waals surface area contributed by atoms with Gasteiger partial charge in [-0.25, -0.2) is 15.0 Å². The summed E-state index contributed by atoms with van der Waals surface area (Å²) in [6.45, 7) is 0. The van der Waals surface area contributed by atoms with Gasteiger partial charge in [0.15, 0.2) is 17.5 Å². The first kappa shape index (κ1) is 37.5. The van der Waals surface area contributed by atoms with Crippen LogP contribution in [0.3, 0.4) is 0 Å². The molecule has 1 aromatic heterocycles. The van der Waals surface area contributed by atoms with E-state index in [2.05, 4.69) is 188 Å². The molecule has 294 valence electrons. The number of hydrogen-bond acceptors (Lipinski definition) is 4. The molecule has 0 amide bonds. The molecule has 0 saturated heterocycles. The number of aromatic nitrogens is 3. The normalized spacial score (nSPS) is 12.2. The van der Waals surface area contributed by atoms with Crippen LogP contribution in [0.25, 0.3) is 78.7 Å². The van der Waals surface area contributed by atoms with E-state index < -0.39 is 5.41 Å². The van der Waals surface area contributed by atoms with Crippen molar-refractivity contribution in [2.75, 3.05) is 0 Å². The Kier molecular flexibility index (Phi) is 9.41. The molecule has 0 spiro atoms. The van der Waals surface area contributed by atoms with Gasteiger partial charge >= 0.3 is 0 Å². The molecule has 0 fully saturated rings. The number of benzene rings is 9. The van der Waals surface area contributed by atoms with E-state index in [1.54, 1.807) is 0 Å². The summed E-state index contributed by atoms with van der Waals surface area (Å²) in [6, 6.07) is 83.0. The summed E-state index contributed by atoms with van der Waals surface area (Å²) in [5.41, 5.74) is 16.5. The molecule has 0 unspecified atom stereocenters. The first-order valence-electron chi connectivity index (χ1n) is 21.2. The lowest BCUT2D eigenvalue weighted by Crippen LogP contribution is -2.28. The maximum atomic E-state index is 9.76. The Morgan fingerprint density at radius 2 is 0.746 bits per heavy atom. The molecule has 63 heavy (non-hydrogen) atoms. The molecule has 0 saturated carbocycles. The Morgan fingerprint density at radius 3 is 1.37 bits per heavy atom. The Bertz CT molecular complexity index is 3260. The minimum absolute atomic E-state index is 0.576. The van der Waals surface area contributed by atoms with Crippen molar-refractivity contribution in [2.24, 2.45) is 0 Å². The molecule has 4 heteroatoms. The first-order chi connectivity index (χ1) is 31.2. The van der Waals surface area contributed by atoms with Gasteiger partial charge in [-0.1, -0.05) is 200 Å². The lowest BCUT2D eigenvalue weighted by atomic mass is 9.67. The Hall–Kier alpha value is -8.52. The Morgan fingerprint density at radius 1 is 0.302 bits per heavy atom. The third kappa shape index (κ3) is 6.61. The molecule has 11 rings (SSSR count). The second-order valence-corrected chi connectivity index (χ2v) is 15.9. The molecule has 4 nitrogen and oxygen atoms in total. The maximum absolute atomic E-state index is 9.76. The number of hydrogen-bond donors (Lipinski definition) is 0. The summed E-state index contributed by atoms with van der Waals surface area (Å²) < 4.78 is 0. The van der Waals surface area contributed by atoms with Gasteiger partial charge in [0.2, 0.25) is 0 Å². The van der Waals surface area contributed by atoms with Crippen LogP contribution in [0.5, 0.6) is 0 Å². The number of nitriles is 1. The van der Waals surface area contributed by atoms with Gasteiger partial charge in [0.25, 0.3) is 0 Å². The summed E-state index contributed by atoms with van der Waals surface area (Å²) >= 11 is 0. The lowest BCUT2D eigenvalue weighted by molar-refractivity contribution is 0.769. The van der Waals surface area contributed by atoms with Crippen LogP contribution in [0.2, 0.25) is 0 Å². The average Bonchev–Trinajstić information content (AvgIpc) is 3.67. The third-order valence-corrected chi connectivity index (χ3v) is 12.3. The Balaban J connectivity index is 1.12. The van der Waals surface area contributed by atoms with Crippen LogP contribution < -0.4 is 0 Å². The molecular weight excluding hydrogens is 765 g/mol. The zero-order chi connectivity index (χ0) is 42.2. The van der Waals surface area contributed by atoms with Crippen LogP contribution in [-0.4, -0.2) is 15.0 Å². The quantitative estimate of drug-likeness (QED) is 0.153. The molecule has 0 aliphatic heterocycles. The van der Waals surface area contributed by atoms with Crippen molar-refractivity contribution in [3.05, 3.63) is 258 Å². The molecule has 1 heterocycles. The topological polar surface area (TPSA) is 62.5 Å². The third-order valence-electron chi connectivity index (χ3n) is 12.3. The van der Waals surface area contributed by atoms with Crippen LogP contribution in [-0.2, 0) is 5.41 Å². The Labute approximate surface area is 367 Å². The molecule has 1 aliphatic rings. The van der Waals surface area contributed by atoms with Gasteiger partial charge in [0.05, 0.1) is 17.0 Å². The van der Waals surface area contributed by atoms with Crippen molar-refractivity contribution in [3.8, 4) is 84.7 Å². The van der Waals surface area contributed by atoms with Crippen LogP contribution in [0.1, 0.15) is 27.8 Å². The minimum atomic E-state index is -0.576. The zero-order valence-corrected chi connectivity index (χ0v) is 34.2. The highest BCUT2D eigenvalue weighted by Gasteiger charge is 2.46. The van der Waals surface area contributed by atoms with Crippen LogP contribution >= 0.6 is 0 Å². The van der Waals surface area contributed by atoms with Crippen molar-refractivity contribution in [1.82, 2.24) is 15.0 Å². The lowest BCUT2D eigenvalue weighted by Gasteiger charge is -2.34. The van der Waals surface area contributed by atoms with Crippen molar-refractivity contribution < 1.29 is 0 Å². The van der Waals surface area contributed by atoms with Gasteiger partial charge in [0, 0.05) is 16.7 Å². The summed E-state index contributed by atoms with van der Waals surface area (Å²) in [4.78, 5) is 15.3. The highest BCUT2D eigenvalue weighted by molar-refractivity contribution is 5.95. The average molecular weight is 803 g/mol. The molecule has 1 aliphatic carbocycles. The highest BCUT2D eigenvalue weighted by atomic mass is 15.0. The van der Waals surface area contributed by atoms with Crippen molar-refractivity contribution >= 4 is 0 Å². The van der Waals surface area contributed by atoms with E-state index in [1.807, 2.05) is 48.5 Å². The number of fused-ring (bicyclic) bond motifs is 3. The molecule has 0 N–H and O–H groups in total. The van der Waals surface area contributed by atoms with E-state index in [0.29, 0.717) is 23.0 Å². The van der Waals surface area contributed by atoms with Crippen LogP contribution in [0, 0.1) is 11.3 Å². The van der Waals surface area contributed by atoms with Gasteiger partial charge in [-0.05, 0) is 97.1 Å². The smallest absolute Gasteiger partial charge is 0.164 e. The van der Waals surface area contributed by atoms with E-state index in [-0.39, 0.29) is 0 Å². The molecular formula is C59H38N4. The fourth-order valence-electron chi connectivity index (χ4n) is 9.31. The monoisotopic (exact) mass is 802 g/mol. The van der Waals surface area contributed by atoms with E-state index in [1.165, 1.54) is 33.4 Å². The maximum Gasteiger partial charge on any atom is 0.164 e. The highest BCUT2D eigenvalue weighted by Crippen LogP contribution is 2.58. The van der Waals surface area contributed by atoms with E-state index in [0.717, 1.165) is 50.1 Å². The summed E-state index contributed by atoms with van der Waals surface area (Å²) in [5.74, 6) is 1.80. The van der Waals surface area contributed by atoms with E-state index >= 15 is 0 Å². The second-order valence-electron chi connectivity index (χ2n) is 15.9. The van der Waals surface area contributed by atoms with Crippen molar-refractivity contribution in [2.45, 2.75) is 5.41 Å². The van der Waals surface area contributed by atoms with E-state index in [4.69, 9.17) is 15.0 Å².